The summed E-state index contributed by atoms with van der Waals surface area (Å²) in [5, 5.41) is 1.15. The second-order valence-electron chi connectivity index (χ2n) is 5.21. The number of carbonyl (C=O) groups is 2. The van der Waals surface area contributed by atoms with Crippen molar-refractivity contribution in [3.8, 4) is 11.4 Å². The van der Waals surface area contributed by atoms with Crippen LogP contribution >= 0.6 is 0 Å². The van der Waals surface area contributed by atoms with E-state index in [1.54, 1.807) is 43.4 Å². The third-order valence-electron chi connectivity index (χ3n) is 3.74. The molecule has 0 aliphatic carbocycles. The Morgan fingerprint density at radius 1 is 1.17 bits per heavy atom. The van der Waals surface area contributed by atoms with Crippen molar-refractivity contribution in [2.75, 3.05) is 14.2 Å². The van der Waals surface area contributed by atoms with Crippen LogP contribution in [0.5, 0.6) is 0 Å². The van der Waals surface area contributed by atoms with Crippen molar-refractivity contribution in [3.05, 3.63) is 53.6 Å². The molecule has 7 nitrogen and oxygen atoms in total. The van der Waals surface area contributed by atoms with Crippen molar-refractivity contribution < 1.29 is 14.4 Å². The summed E-state index contributed by atoms with van der Waals surface area (Å²) in [5.74, 6) is -0.176. The quantitative estimate of drug-likeness (QED) is 0.716. The highest BCUT2D eigenvalue weighted by Crippen LogP contribution is 2.23. The van der Waals surface area contributed by atoms with Crippen LogP contribution in [0.1, 0.15) is 20.7 Å². The van der Waals surface area contributed by atoms with Crippen LogP contribution in [-0.4, -0.2) is 41.0 Å². The van der Waals surface area contributed by atoms with Crippen LogP contribution in [0.4, 0.5) is 0 Å². The van der Waals surface area contributed by atoms with Gasteiger partial charge in [-0.05, 0) is 24.3 Å². The van der Waals surface area contributed by atoms with E-state index in [-0.39, 0.29) is 5.91 Å². The predicted molar refractivity (Wildman–Crippen MR) is 89.2 cm³/mol. The molecule has 2 aromatic carbocycles. The number of nitrogens with zero attached hydrogens (tertiary/aromatic N) is 2. The number of imidazole rings is 1. The van der Waals surface area contributed by atoms with Gasteiger partial charge in [0, 0.05) is 18.2 Å². The number of fused-ring (bicyclic) bond motifs is 1. The molecule has 0 aliphatic rings. The summed E-state index contributed by atoms with van der Waals surface area (Å²) in [6.45, 7) is 0. The fraction of sp³-hybridized carbons (Fsp3) is 0.118. The predicted octanol–water partition coefficient (Wildman–Crippen LogP) is 1.96. The van der Waals surface area contributed by atoms with Gasteiger partial charge in [0.25, 0.3) is 11.8 Å². The molecule has 0 radical (unpaired) electrons. The standard InChI is InChI=1S/C17H16N4O3/c1-21(24-2)17(23)11-8-6-10(7-9-11)16-19-13-5-3-4-12(15(18)22)14(13)20-16/h3-9H,1-2H3,(H2,18,22)(H,19,20). The van der Waals surface area contributed by atoms with Gasteiger partial charge in [-0.1, -0.05) is 18.2 Å². The summed E-state index contributed by atoms with van der Waals surface area (Å²) in [6.07, 6.45) is 0. The number of carbonyl (C=O) groups excluding carboxylic acids is 2. The summed E-state index contributed by atoms with van der Waals surface area (Å²) in [7, 11) is 2.97. The van der Waals surface area contributed by atoms with Gasteiger partial charge < -0.3 is 10.7 Å². The minimum absolute atomic E-state index is 0.246. The summed E-state index contributed by atoms with van der Waals surface area (Å²) < 4.78 is 0. The smallest absolute Gasteiger partial charge is 0.277 e. The molecule has 2 amide bonds. The topological polar surface area (TPSA) is 101 Å². The van der Waals surface area contributed by atoms with Crippen LogP contribution in [-0.2, 0) is 4.84 Å². The van der Waals surface area contributed by atoms with Crippen molar-refractivity contribution >= 4 is 22.8 Å². The number of primary amides is 1. The Bertz CT molecular complexity index is 915. The summed E-state index contributed by atoms with van der Waals surface area (Å²) >= 11 is 0. The van der Waals surface area contributed by atoms with Crippen molar-refractivity contribution in [3.63, 3.8) is 0 Å². The fourth-order valence-corrected chi connectivity index (χ4v) is 2.40. The van der Waals surface area contributed by atoms with Crippen LogP contribution in [0.15, 0.2) is 42.5 Å². The number of H-pyrrole nitrogens is 1. The van der Waals surface area contributed by atoms with E-state index in [0.29, 0.717) is 22.5 Å². The lowest BCUT2D eigenvalue weighted by Crippen LogP contribution is -2.25. The Morgan fingerprint density at radius 3 is 2.50 bits per heavy atom. The Balaban J connectivity index is 1.98. The molecule has 3 rings (SSSR count). The molecule has 24 heavy (non-hydrogen) atoms. The number of hydrogen-bond acceptors (Lipinski definition) is 4. The van der Waals surface area contributed by atoms with Crippen molar-refractivity contribution in [1.82, 2.24) is 15.0 Å². The largest absolute Gasteiger partial charge is 0.366 e. The van der Waals surface area contributed by atoms with Gasteiger partial charge in [-0.15, -0.1) is 0 Å². The zero-order valence-electron chi connectivity index (χ0n) is 13.2. The average Bonchev–Trinajstić information content (AvgIpc) is 3.04. The average molecular weight is 324 g/mol. The Morgan fingerprint density at radius 2 is 1.88 bits per heavy atom. The molecule has 0 aliphatic heterocycles. The van der Waals surface area contributed by atoms with Gasteiger partial charge in [0.15, 0.2) is 0 Å². The van der Waals surface area contributed by atoms with Gasteiger partial charge in [0.05, 0.1) is 18.2 Å². The molecule has 3 aromatic rings. The van der Waals surface area contributed by atoms with E-state index in [1.807, 2.05) is 6.07 Å². The first kappa shape index (κ1) is 15.7. The maximum Gasteiger partial charge on any atom is 0.277 e. The molecule has 0 saturated heterocycles. The van der Waals surface area contributed by atoms with Crippen LogP contribution in [0.3, 0.4) is 0 Å². The number of nitrogens with one attached hydrogen (secondary N) is 1. The third-order valence-corrected chi connectivity index (χ3v) is 3.74. The van der Waals surface area contributed by atoms with Gasteiger partial charge in [0.1, 0.15) is 11.3 Å². The highest BCUT2D eigenvalue weighted by molar-refractivity contribution is 6.04. The molecule has 3 N–H and O–H groups in total. The lowest BCUT2D eigenvalue weighted by molar-refractivity contribution is -0.0756. The molecular weight excluding hydrogens is 308 g/mol. The van der Waals surface area contributed by atoms with Gasteiger partial charge in [-0.3, -0.25) is 14.4 Å². The number of hydrogen-bond donors (Lipinski definition) is 2. The van der Waals surface area contributed by atoms with Crippen LogP contribution < -0.4 is 5.73 Å². The number of para-hydroxylation sites is 1. The van der Waals surface area contributed by atoms with E-state index in [1.165, 1.54) is 7.11 Å². The lowest BCUT2D eigenvalue weighted by atomic mass is 10.1. The molecule has 122 valence electrons. The molecule has 0 atom stereocenters. The number of amides is 2. The second-order valence-corrected chi connectivity index (χ2v) is 5.21. The minimum atomic E-state index is -0.526. The molecule has 0 unspecified atom stereocenters. The molecule has 0 bridgehead atoms. The van der Waals surface area contributed by atoms with Crippen molar-refractivity contribution in [2.24, 2.45) is 5.73 Å². The second kappa shape index (κ2) is 6.13. The molecule has 0 spiro atoms. The monoisotopic (exact) mass is 324 g/mol. The minimum Gasteiger partial charge on any atom is -0.366 e. The zero-order chi connectivity index (χ0) is 17.3. The first-order valence-corrected chi connectivity index (χ1v) is 7.22. The normalized spacial score (nSPS) is 10.8. The van der Waals surface area contributed by atoms with Crippen molar-refractivity contribution in [1.29, 1.82) is 0 Å². The molecule has 0 fully saturated rings. The maximum atomic E-state index is 12.0. The summed E-state index contributed by atoms with van der Waals surface area (Å²) in [5.41, 5.74) is 8.28. The first-order chi connectivity index (χ1) is 11.5. The van der Waals surface area contributed by atoms with Gasteiger partial charge in [0.2, 0.25) is 0 Å². The molecule has 7 heteroatoms. The van der Waals surface area contributed by atoms with Crippen LogP contribution in [0.2, 0.25) is 0 Å². The van der Waals surface area contributed by atoms with Gasteiger partial charge in [-0.25, -0.2) is 10.0 Å². The molecule has 1 aromatic heterocycles. The van der Waals surface area contributed by atoms with E-state index in [9.17, 15) is 9.59 Å². The highest BCUT2D eigenvalue weighted by Gasteiger charge is 2.14. The first-order valence-electron chi connectivity index (χ1n) is 7.22. The molecule has 0 saturated carbocycles. The fourth-order valence-electron chi connectivity index (χ4n) is 2.40. The van der Waals surface area contributed by atoms with E-state index >= 15 is 0 Å². The number of rotatable bonds is 4. The third kappa shape index (κ3) is 2.72. The van der Waals surface area contributed by atoms with E-state index < -0.39 is 5.91 Å². The van der Waals surface area contributed by atoms with E-state index in [4.69, 9.17) is 10.6 Å². The molecule has 1 heterocycles. The van der Waals surface area contributed by atoms with Crippen molar-refractivity contribution in [2.45, 2.75) is 0 Å². The SMILES string of the molecule is CON(C)C(=O)c1ccc(-c2nc3c(C(N)=O)cccc3[nH]2)cc1. The Hall–Kier alpha value is -3.19. The van der Waals surface area contributed by atoms with Crippen LogP contribution in [0, 0.1) is 0 Å². The van der Waals surface area contributed by atoms with Gasteiger partial charge >= 0.3 is 0 Å². The van der Waals surface area contributed by atoms with E-state index in [0.717, 1.165) is 16.1 Å². The summed E-state index contributed by atoms with van der Waals surface area (Å²) in [6, 6.07) is 12.1. The van der Waals surface area contributed by atoms with Gasteiger partial charge in [-0.2, -0.15) is 0 Å². The summed E-state index contributed by atoms with van der Waals surface area (Å²) in [4.78, 5) is 36.0. The number of benzene rings is 2. The number of aromatic nitrogens is 2. The Labute approximate surface area is 138 Å². The zero-order valence-corrected chi connectivity index (χ0v) is 13.2. The van der Waals surface area contributed by atoms with Crippen LogP contribution in [0.25, 0.3) is 22.4 Å². The Kier molecular flexibility index (Phi) is 4.01. The van der Waals surface area contributed by atoms with E-state index in [2.05, 4.69) is 9.97 Å². The number of nitrogens with two attached hydrogens (primary N) is 1. The highest BCUT2D eigenvalue weighted by atomic mass is 16.7. The lowest BCUT2D eigenvalue weighted by Gasteiger charge is -2.13. The number of hydroxylamine groups is 2. The number of aromatic amines is 1. The molecular formula is C17H16N4O3. The maximum absolute atomic E-state index is 12.0.